The molecule has 128 valence electrons. The number of halogens is 1. The van der Waals surface area contributed by atoms with Crippen LogP contribution in [0.15, 0.2) is 17.5 Å². The predicted octanol–water partition coefficient (Wildman–Crippen LogP) is 3.17. The molecule has 1 amide bonds. The average Bonchev–Trinajstić information content (AvgIpc) is 2.98. The third-order valence-corrected chi connectivity index (χ3v) is 5.00. The Kier molecular flexibility index (Phi) is 5.58. The smallest absolute Gasteiger partial charge is 0.224 e. The van der Waals surface area contributed by atoms with Crippen LogP contribution in [0.1, 0.15) is 22.7 Å². The highest BCUT2D eigenvalue weighted by Crippen LogP contribution is 2.35. The normalized spacial score (nSPS) is 12.9. The lowest BCUT2D eigenvalue weighted by atomic mass is 10.1. The third-order valence-electron chi connectivity index (χ3n) is 3.62. The molecule has 0 aliphatic carbocycles. The summed E-state index contributed by atoms with van der Waals surface area (Å²) in [5.41, 5.74) is 1.79. The van der Waals surface area contributed by atoms with Crippen LogP contribution in [-0.2, 0) is 17.6 Å². The number of nitrogens with zero attached hydrogens (tertiary/aromatic N) is 1. The fraction of sp³-hybridized carbons (Fsp3) is 0.412. The van der Waals surface area contributed by atoms with Crippen molar-refractivity contribution in [1.29, 1.82) is 0 Å². The van der Waals surface area contributed by atoms with Crippen molar-refractivity contribution in [3.63, 3.8) is 0 Å². The number of aromatic nitrogens is 1. The maximum absolute atomic E-state index is 12.1. The largest absolute Gasteiger partial charge is 0.486 e. The summed E-state index contributed by atoms with van der Waals surface area (Å²) in [5, 5.41) is 6.59. The minimum atomic E-state index is -0.0519. The second-order valence-corrected chi connectivity index (χ2v) is 6.95. The van der Waals surface area contributed by atoms with Crippen molar-refractivity contribution < 1.29 is 14.3 Å². The number of nitrogens with one attached hydrogen (secondary N) is 1. The molecule has 0 unspecified atom stereocenters. The molecule has 0 saturated carbocycles. The van der Waals surface area contributed by atoms with E-state index in [0.717, 1.165) is 29.1 Å². The topological polar surface area (TPSA) is 60.5 Å². The molecule has 2 heterocycles. The number of ether oxygens (including phenoxy) is 2. The van der Waals surface area contributed by atoms with E-state index in [-0.39, 0.29) is 12.3 Å². The second-order valence-electron chi connectivity index (χ2n) is 5.60. The summed E-state index contributed by atoms with van der Waals surface area (Å²) in [6.07, 6.45) is 1.98. The first-order chi connectivity index (χ1) is 11.6. The zero-order valence-corrected chi connectivity index (χ0v) is 15.0. The highest BCUT2D eigenvalue weighted by Gasteiger charge is 2.16. The van der Waals surface area contributed by atoms with Gasteiger partial charge in [-0.05, 0) is 25.0 Å². The number of fused-ring (bicyclic) bond motifs is 1. The minimum absolute atomic E-state index is 0.0519. The highest BCUT2D eigenvalue weighted by atomic mass is 35.5. The van der Waals surface area contributed by atoms with Crippen molar-refractivity contribution in [2.24, 2.45) is 0 Å². The number of amides is 1. The molecule has 24 heavy (non-hydrogen) atoms. The van der Waals surface area contributed by atoms with Crippen LogP contribution in [0, 0.1) is 6.92 Å². The maximum atomic E-state index is 12.1. The van der Waals surface area contributed by atoms with Crippen LogP contribution in [0.3, 0.4) is 0 Å². The molecule has 0 bridgehead atoms. The van der Waals surface area contributed by atoms with E-state index in [4.69, 9.17) is 21.1 Å². The first-order valence-electron chi connectivity index (χ1n) is 7.87. The first-order valence-corrected chi connectivity index (χ1v) is 9.13. The summed E-state index contributed by atoms with van der Waals surface area (Å²) in [6.45, 7) is 3.64. The van der Waals surface area contributed by atoms with Gasteiger partial charge in [0.2, 0.25) is 5.91 Å². The monoisotopic (exact) mass is 366 g/mol. The summed E-state index contributed by atoms with van der Waals surface area (Å²) in [6, 6.07) is 3.50. The Bertz CT molecular complexity index is 733. The number of hydrogen-bond acceptors (Lipinski definition) is 5. The van der Waals surface area contributed by atoms with Crippen LogP contribution in [-0.4, -0.2) is 30.6 Å². The molecular formula is C17H19ClN2O3S. The van der Waals surface area contributed by atoms with Crippen molar-refractivity contribution in [2.45, 2.75) is 26.2 Å². The van der Waals surface area contributed by atoms with Crippen LogP contribution < -0.4 is 14.8 Å². The number of thiazole rings is 1. The summed E-state index contributed by atoms with van der Waals surface area (Å²) in [7, 11) is 0. The summed E-state index contributed by atoms with van der Waals surface area (Å²) in [5.74, 6) is 1.23. The summed E-state index contributed by atoms with van der Waals surface area (Å²) in [4.78, 5) is 16.5. The zero-order chi connectivity index (χ0) is 16.9. The number of carbonyl (C=O) groups excluding carboxylic acids is 1. The van der Waals surface area contributed by atoms with E-state index in [1.807, 2.05) is 12.3 Å². The number of aryl methyl sites for hydroxylation is 2. The van der Waals surface area contributed by atoms with Crippen molar-refractivity contribution in [3.05, 3.63) is 38.8 Å². The molecule has 0 fully saturated rings. The Morgan fingerprint density at radius 1 is 1.33 bits per heavy atom. The number of benzene rings is 1. The molecule has 3 rings (SSSR count). The van der Waals surface area contributed by atoms with Gasteiger partial charge in [-0.15, -0.1) is 11.3 Å². The summed E-state index contributed by atoms with van der Waals surface area (Å²) < 4.78 is 11.0. The van der Waals surface area contributed by atoms with E-state index in [1.165, 1.54) is 0 Å². The second kappa shape index (κ2) is 7.85. The van der Waals surface area contributed by atoms with Gasteiger partial charge in [0.1, 0.15) is 13.2 Å². The molecule has 1 aromatic heterocycles. The molecule has 2 aromatic rings. The number of rotatable bonds is 6. The van der Waals surface area contributed by atoms with Crippen LogP contribution in [0.25, 0.3) is 0 Å². The molecule has 0 atom stereocenters. The van der Waals surface area contributed by atoms with Crippen molar-refractivity contribution in [3.8, 4) is 11.5 Å². The maximum Gasteiger partial charge on any atom is 0.224 e. The number of carbonyl (C=O) groups is 1. The van der Waals surface area contributed by atoms with Gasteiger partial charge in [0.25, 0.3) is 0 Å². The van der Waals surface area contributed by atoms with E-state index in [1.54, 1.807) is 23.5 Å². The molecule has 1 N–H and O–H groups in total. The molecule has 1 aliphatic rings. The fourth-order valence-electron chi connectivity index (χ4n) is 2.46. The first kappa shape index (κ1) is 17.0. The molecule has 0 saturated heterocycles. The number of hydrogen-bond donors (Lipinski definition) is 1. The van der Waals surface area contributed by atoms with Gasteiger partial charge in [0.15, 0.2) is 11.5 Å². The lowest BCUT2D eigenvalue weighted by Gasteiger charge is -2.19. The zero-order valence-electron chi connectivity index (χ0n) is 13.4. The molecular weight excluding hydrogens is 348 g/mol. The standard InChI is InChI=1S/C17H19ClN2O3S/c1-11-10-24-17(20-11)3-2-4-19-16(21)8-12-7-14-15(9-13(12)18)23-6-5-22-14/h7,9-10H,2-6,8H2,1H3,(H,19,21). The van der Waals surface area contributed by atoms with E-state index >= 15 is 0 Å². The van der Waals surface area contributed by atoms with E-state index in [0.29, 0.717) is 36.3 Å². The Morgan fingerprint density at radius 3 is 2.79 bits per heavy atom. The van der Waals surface area contributed by atoms with Crippen LogP contribution in [0.2, 0.25) is 5.02 Å². The van der Waals surface area contributed by atoms with Gasteiger partial charge in [-0.2, -0.15) is 0 Å². The average molecular weight is 367 g/mol. The molecule has 5 nitrogen and oxygen atoms in total. The molecule has 7 heteroatoms. The molecule has 1 aliphatic heterocycles. The Balaban J connectivity index is 1.48. The summed E-state index contributed by atoms with van der Waals surface area (Å²) >= 11 is 7.89. The third kappa shape index (κ3) is 4.39. The van der Waals surface area contributed by atoms with Gasteiger partial charge in [-0.25, -0.2) is 4.98 Å². The SMILES string of the molecule is Cc1csc(CCCNC(=O)Cc2cc3c(cc2Cl)OCCO3)n1. The van der Waals surface area contributed by atoms with Crippen molar-refractivity contribution in [2.75, 3.05) is 19.8 Å². The molecule has 1 aromatic carbocycles. The quantitative estimate of drug-likeness (QED) is 0.798. The highest BCUT2D eigenvalue weighted by molar-refractivity contribution is 7.09. The minimum Gasteiger partial charge on any atom is -0.486 e. The van der Waals surface area contributed by atoms with Gasteiger partial charge in [-0.1, -0.05) is 11.6 Å². The van der Waals surface area contributed by atoms with Crippen molar-refractivity contribution in [1.82, 2.24) is 10.3 Å². The molecule has 0 radical (unpaired) electrons. The van der Waals surface area contributed by atoms with E-state index in [2.05, 4.69) is 10.3 Å². The molecule has 0 spiro atoms. The van der Waals surface area contributed by atoms with Crippen molar-refractivity contribution >= 4 is 28.8 Å². The fourth-order valence-corrected chi connectivity index (χ4v) is 3.50. The van der Waals surface area contributed by atoms with Crippen LogP contribution in [0.4, 0.5) is 0 Å². The van der Waals surface area contributed by atoms with E-state index < -0.39 is 0 Å². The Morgan fingerprint density at radius 2 is 2.08 bits per heavy atom. The van der Waals surface area contributed by atoms with Gasteiger partial charge >= 0.3 is 0 Å². The lowest BCUT2D eigenvalue weighted by molar-refractivity contribution is -0.120. The Hall–Kier alpha value is -1.79. The lowest BCUT2D eigenvalue weighted by Crippen LogP contribution is -2.26. The van der Waals surface area contributed by atoms with Gasteiger partial charge < -0.3 is 14.8 Å². The van der Waals surface area contributed by atoms with Gasteiger partial charge in [0.05, 0.1) is 11.4 Å². The Labute approximate surface area is 150 Å². The predicted molar refractivity (Wildman–Crippen MR) is 94.3 cm³/mol. The van der Waals surface area contributed by atoms with Crippen LogP contribution in [0.5, 0.6) is 11.5 Å². The van der Waals surface area contributed by atoms with E-state index in [9.17, 15) is 4.79 Å². The van der Waals surface area contributed by atoms with Gasteiger partial charge in [0, 0.05) is 35.1 Å². The van der Waals surface area contributed by atoms with Crippen LogP contribution >= 0.6 is 22.9 Å². The van der Waals surface area contributed by atoms with Gasteiger partial charge in [-0.3, -0.25) is 4.79 Å².